The van der Waals surface area contributed by atoms with E-state index in [4.69, 9.17) is 5.73 Å². The van der Waals surface area contributed by atoms with Crippen LogP contribution in [-0.2, 0) is 0 Å². The number of hydrogen-bond acceptors (Lipinski definition) is 3. The molecule has 1 saturated heterocycles. The molecule has 3 nitrogen and oxygen atoms in total. The highest BCUT2D eigenvalue weighted by atomic mass is 15.3. The number of hydrogen-bond donors (Lipinski definition) is 1. The molecule has 100 valence electrons. The van der Waals surface area contributed by atoms with Crippen molar-refractivity contribution in [3.05, 3.63) is 0 Å². The van der Waals surface area contributed by atoms with Crippen molar-refractivity contribution >= 4 is 0 Å². The number of nitrogens with two attached hydrogens (primary N) is 1. The van der Waals surface area contributed by atoms with Gasteiger partial charge in [0.15, 0.2) is 0 Å². The minimum atomic E-state index is 0.594. The van der Waals surface area contributed by atoms with Crippen LogP contribution in [0.5, 0.6) is 0 Å². The van der Waals surface area contributed by atoms with Crippen molar-refractivity contribution in [2.24, 2.45) is 11.7 Å². The van der Waals surface area contributed by atoms with Gasteiger partial charge in [0.1, 0.15) is 0 Å². The van der Waals surface area contributed by atoms with Crippen LogP contribution in [0.15, 0.2) is 0 Å². The van der Waals surface area contributed by atoms with Crippen molar-refractivity contribution in [2.45, 2.75) is 44.6 Å². The highest BCUT2D eigenvalue weighted by molar-refractivity contribution is 4.83. The fourth-order valence-electron chi connectivity index (χ4n) is 3.39. The van der Waals surface area contributed by atoms with Crippen LogP contribution < -0.4 is 5.73 Å². The Hall–Kier alpha value is -0.120. The molecule has 1 heterocycles. The quantitative estimate of drug-likeness (QED) is 0.758. The first-order chi connectivity index (χ1) is 8.29. The van der Waals surface area contributed by atoms with E-state index in [1.54, 1.807) is 0 Å². The average Bonchev–Trinajstić information content (AvgIpc) is 2.60. The van der Waals surface area contributed by atoms with Crippen molar-refractivity contribution in [3.8, 4) is 0 Å². The van der Waals surface area contributed by atoms with Gasteiger partial charge in [0.2, 0.25) is 0 Å². The molecule has 2 rings (SSSR count). The van der Waals surface area contributed by atoms with Gasteiger partial charge in [-0.05, 0) is 25.8 Å². The van der Waals surface area contributed by atoms with Crippen LogP contribution in [-0.4, -0.2) is 55.6 Å². The van der Waals surface area contributed by atoms with E-state index in [9.17, 15) is 0 Å². The van der Waals surface area contributed by atoms with Crippen LogP contribution >= 0.6 is 0 Å². The predicted molar refractivity (Wildman–Crippen MR) is 73.1 cm³/mol. The molecule has 1 unspecified atom stereocenters. The van der Waals surface area contributed by atoms with Crippen LogP contribution in [0.2, 0.25) is 0 Å². The third-order valence-corrected chi connectivity index (χ3v) is 4.55. The summed E-state index contributed by atoms with van der Waals surface area (Å²) in [6, 6.07) is 0.594. The maximum atomic E-state index is 5.92. The molecule has 2 fully saturated rings. The van der Waals surface area contributed by atoms with Gasteiger partial charge in [-0.25, -0.2) is 0 Å². The summed E-state index contributed by atoms with van der Waals surface area (Å²) in [7, 11) is 2.21. The monoisotopic (exact) mass is 239 g/mol. The molecule has 3 heteroatoms. The van der Waals surface area contributed by atoms with Crippen LogP contribution in [0.3, 0.4) is 0 Å². The average molecular weight is 239 g/mol. The molecule has 0 aromatic carbocycles. The topological polar surface area (TPSA) is 32.5 Å². The molecule has 17 heavy (non-hydrogen) atoms. The molecule has 0 amide bonds. The Kier molecular flexibility index (Phi) is 5.26. The van der Waals surface area contributed by atoms with E-state index in [1.165, 1.54) is 58.2 Å². The highest BCUT2D eigenvalue weighted by Crippen LogP contribution is 2.24. The molecule has 0 bridgehead atoms. The maximum Gasteiger partial charge on any atom is 0.0346 e. The number of likely N-dealkylation sites (N-methyl/N-ethyl adjacent to an activating group) is 1. The lowest BCUT2D eigenvalue weighted by atomic mass is 9.98. The Bertz CT molecular complexity index is 212. The summed E-state index contributed by atoms with van der Waals surface area (Å²) >= 11 is 0. The van der Waals surface area contributed by atoms with Gasteiger partial charge in [-0.15, -0.1) is 0 Å². The van der Waals surface area contributed by atoms with Crippen molar-refractivity contribution in [3.63, 3.8) is 0 Å². The van der Waals surface area contributed by atoms with Gasteiger partial charge >= 0.3 is 0 Å². The summed E-state index contributed by atoms with van der Waals surface area (Å²) in [6.45, 7) is 5.70. The zero-order valence-electron chi connectivity index (χ0n) is 11.4. The lowest BCUT2D eigenvalue weighted by Crippen LogP contribution is -2.55. The largest absolute Gasteiger partial charge is 0.329 e. The van der Waals surface area contributed by atoms with Crippen molar-refractivity contribution in [2.75, 3.05) is 39.8 Å². The lowest BCUT2D eigenvalue weighted by molar-refractivity contribution is 0.0769. The Morgan fingerprint density at radius 2 is 1.76 bits per heavy atom. The van der Waals surface area contributed by atoms with E-state index in [0.29, 0.717) is 6.04 Å². The van der Waals surface area contributed by atoms with Gasteiger partial charge in [0, 0.05) is 38.8 Å². The van der Waals surface area contributed by atoms with Crippen LogP contribution in [0.4, 0.5) is 0 Å². The summed E-state index contributed by atoms with van der Waals surface area (Å²) in [6.07, 6.45) is 8.71. The molecule has 2 N–H and O–H groups in total. The summed E-state index contributed by atoms with van der Waals surface area (Å²) in [4.78, 5) is 5.08. The van der Waals surface area contributed by atoms with E-state index in [-0.39, 0.29) is 0 Å². The predicted octanol–water partition coefficient (Wildman–Crippen LogP) is 1.53. The Morgan fingerprint density at radius 3 is 2.41 bits per heavy atom. The summed E-state index contributed by atoms with van der Waals surface area (Å²) in [5.74, 6) is 0.940. The molecular formula is C14H29N3. The van der Waals surface area contributed by atoms with Crippen molar-refractivity contribution in [1.29, 1.82) is 0 Å². The van der Waals surface area contributed by atoms with Crippen LogP contribution in [0.25, 0.3) is 0 Å². The minimum absolute atomic E-state index is 0.594. The number of piperazine rings is 1. The highest BCUT2D eigenvalue weighted by Gasteiger charge is 2.26. The summed E-state index contributed by atoms with van der Waals surface area (Å²) in [5.41, 5.74) is 5.92. The SMILES string of the molecule is CN1CCN(CC2CCCCCC2)C(CN)C1. The fraction of sp³-hybridized carbons (Fsp3) is 1.00. The fourth-order valence-corrected chi connectivity index (χ4v) is 3.39. The smallest absolute Gasteiger partial charge is 0.0346 e. The second-order valence-electron chi connectivity index (χ2n) is 6.00. The molecule has 0 aromatic rings. The van der Waals surface area contributed by atoms with Gasteiger partial charge in [0.25, 0.3) is 0 Å². The van der Waals surface area contributed by atoms with Gasteiger partial charge in [0.05, 0.1) is 0 Å². The minimum Gasteiger partial charge on any atom is -0.329 e. The molecular weight excluding hydrogens is 210 g/mol. The number of nitrogens with zero attached hydrogens (tertiary/aromatic N) is 2. The zero-order chi connectivity index (χ0) is 12.1. The summed E-state index contributed by atoms with van der Waals surface area (Å²) < 4.78 is 0. The van der Waals surface area contributed by atoms with Gasteiger partial charge in [-0.2, -0.15) is 0 Å². The van der Waals surface area contributed by atoms with E-state index in [1.807, 2.05) is 0 Å². The molecule has 1 saturated carbocycles. The Morgan fingerprint density at radius 1 is 1.06 bits per heavy atom. The summed E-state index contributed by atoms with van der Waals surface area (Å²) in [5, 5.41) is 0. The molecule has 0 spiro atoms. The zero-order valence-corrected chi connectivity index (χ0v) is 11.4. The standard InChI is InChI=1S/C14H29N3/c1-16-8-9-17(14(10-15)12-16)11-13-6-4-2-3-5-7-13/h13-14H,2-12,15H2,1H3. The normalized spacial score (nSPS) is 30.4. The molecule has 0 aromatic heterocycles. The molecule has 1 atom stereocenters. The van der Waals surface area contributed by atoms with Crippen molar-refractivity contribution < 1.29 is 0 Å². The van der Waals surface area contributed by atoms with Gasteiger partial charge in [-0.3, -0.25) is 4.90 Å². The third kappa shape index (κ3) is 3.94. The number of rotatable bonds is 3. The maximum absolute atomic E-state index is 5.92. The van der Waals surface area contributed by atoms with Crippen LogP contribution in [0.1, 0.15) is 38.5 Å². The van der Waals surface area contributed by atoms with Crippen LogP contribution in [0, 0.1) is 5.92 Å². The van der Waals surface area contributed by atoms with E-state index < -0.39 is 0 Å². The molecule has 2 aliphatic rings. The third-order valence-electron chi connectivity index (χ3n) is 4.55. The van der Waals surface area contributed by atoms with E-state index in [0.717, 1.165) is 19.0 Å². The second kappa shape index (κ2) is 6.72. The molecule has 1 aliphatic carbocycles. The van der Waals surface area contributed by atoms with E-state index >= 15 is 0 Å². The molecule has 0 radical (unpaired) electrons. The van der Waals surface area contributed by atoms with Gasteiger partial charge < -0.3 is 10.6 Å². The second-order valence-corrected chi connectivity index (χ2v) is 6.00. The van der Waals surface area contributed by atoms with Crippen molar-refractivity contribution in [1.82, 2.24) is 9.80 Å². The molecule has 1 aliphatic heterocycles. The first-order valence-electron chi connectivity index (χ1n) is 7.42. The Labute approximate surface area is 106 Å². The van der Waals surface area contributed by atoms with E-state index in [2.05, 4.69) is 16.8 Å². The first kappa shape index (κ1) is 13.3. The Balaban J connectivity index is 1.83. The lowest BCUT2D eigenvalue weighted by Gasteiger charge is -2.41. The first-order valence-corrected chi connectivity index (χ1v) is 7.42. The van der Waals surface area contributed by atoms with Gasteiger partial charge in [-0.1, -0.05) is 25.7 Å².